The van der Waals surface area contributed by atoms with E-state index < -0.39 is 10.0 Å². The third-order valence-corrected chi connectivity index (χ3v) is 6.59. The Balaban J connectivity index is 1.51. The Morgan fingerprint density at radius 3 is 2.13 bits per heavy atom. The molecule has 9 nitrogen and oxygen atoms in total. The van der Waals surface area contributed by atoms with E-state index >= 15 is 0 Å². The Labute approximate surface area is 180 Å². The molecule has 1 heterocycles. The molecule has 1 aromatic heterocycles. The number of rotatable bonds is 9. The van der Waals surface area contributed by atoms with Crippen LogP contribution in [-0.2, 0) is 16.6 Å². The number of aromatic nitrogens is 3. The highest BCUT2D eigenvalue weighted by Crippen LogP contribution is 2.36. The van der Waals surface area contributed by atoms with E-state index in [0.29, 0.717) is 11.6 Å². The summed E-state index contributed by atoms with van der Waals surface area (Å²) in [5.41, 5.74) is 0.569. The van der Waals surface area contributed by atoms with Crippen molar-refractivity contribution in [1.82, 2.24) is 19.1 Å². The summed E-state index contributed by atoms with van der Waals surface area (Å²) in [6.45, 7) is 0.162. The van der Waals surface area contributed by atoms with E-state index in [0.717, 1.165) is 24.2 Å². The lowest BCUT2D eigenvalue weighted by Gasteiger charge is -2.07. The van der Waals surface area contributed by atoms with Gasteiger partial charge in [-0.1, -0.05) is 0 Å². The Morgan fingerprint density at radius 1 is 1.00 bits per heavy atom. The van der Waals surface area contributed by atoms with Gasteiger partial charge in [0.1, 0.15) is 11.5 Å². The maximum atomic E-state index is 12.9. The summed E-state index contributed by atoms with van der Waals surface area (Å²) in [7, 11) is -0.596. The Kier molecular flexibility index (Phi) is 5.84. The van der Waals surface area contributed by atoms with Gasteiger partial charge < -0.3 is 9.47 Å². The van der Waals surface area contributed by atoms with Gasteiger partial charge in [-0.2, -0.15) is 0 Å². The highest BCUT2D eigenvalue weighted by atomic mass is 32.2. The smallest absolute Gasteiger partial charge is 0.346 e. The first-order chi connectivity index (χ1) is 14.9. The predicted molar refractivity (Wildman–Crippen MR) is 115 cm³/mol. The third kappa shape index (κ3) is 4.49. The fourth-order valence-corrected chi connectivity index (χ4v) is 4.31. The lowest BCUT2D eigenvalue weighted by Crippen LogP contribution is -2.32. The van der Waals surface area contributed by atoms with E-state index in [2.05, 4.69) is 9.82 Å². The summed E-state index contributed by atoms with van der Waals surface area (Å²) in [6, 6.07) is 13.6. The molecule has 4 rings (SSSR count). The molecule has 10 heteroatoms. The molecule has 1 fully saturated rings. The molecule has 1 N–H and O–H groups in total. The Bertz CT molecular complexity index is 1210. The van der Waals surface area contributed by atoms with Gasteiger partial charge in [0, 0.05) is 18.2 Å². The van der Waals surface area contributed by atoms with Gasteiger partial charge in [0.05, 0.1) is 25.7 Å². The predicted octanol–water partition coefficient (Wildman–Crippen LogP) is 2.04. The number of hydrogen-bond donors (Lipinski definition) is 1. The van der Waals surface area contributed by atoms with Gasteiger partial charge in [0.2, 0.25) is 10.0 Å². The van der Waals surface area contributed by atoms with Crippen LogP contribution in [0.2, 0.25) is 0 Å². The molecule has 0 aliphatic heterocycles. The van der Waals surface area contributed by atoms with Gasteiger partial charge >= 0.3 is 5.69 Å². The van der Waals surface area contributed by atoms with E-state index in [1.54, 1.807) is 23.8 Å². The fourth-order valence-electron chi connectivity index (χ4n) is 3.29. The number of hydrogen-bond acceptors (Lipinski definition) is 6. The number of sulfonamides is 1. The van der Waals surface area contributed by atoms with Crippen LogP contribution in [0.4, 0.5) is 0 Å². The number of ether oxygens (including phenoxy) is 2. The maximum Gasteiger partial charge on any atom is 0.346 e. The lowest BCUT2D eigenvalue weighted by molar-refractivity contribution is 0.414. The van der Waals surface area contributed by atoms with Crippen molar-refractivity contribution in [3.63, 3.8) is 0 Å². The van der Waals surface area contributed by atoms with E-state index in [1.807, 2.05) is 24.3 Å². The van der Waals surface area contributed by atoms with Crippen LogP contribution in [0.25, 0.3) is 11.4 Å². The topological polar surface area (TPSA) is 104 Å². The largest absolute Gasteiger partial charge is 0.497 e. The molecule has 164 valence electrons. The van der Waals surface area contributed by atoms with Crippen LogP contribution in [0.1, 0.15) is 18.9 Å². The first-order valence-corrected chi connectivity index (χ1v) is 11.4. The summed E-state index contributed by atoms with van der Waals surface area (Å²) in [6.07, 6.45) is 1.86. The van der Waals surface area contributed by atoms with Crippen LogP contribution in [0.15, 0.2) is 58.2 Å². The van der Waals surface area contributed by atoms with Crippen LogP contribution < -0.4 is 19.9 Å². The average molecular weight is 445 g/mol. The number of methoxy groups -OCH3 is 2. The molecule has 0 amide bonds. The third-order valence-electron chi connectivity index (χ3n) is 5.12. The lowest BCUT2D eigenvalue weighted by atomic mass is 10.2. The first kappa shape index (κ1) is 21.1. The minimum Gasteiger partial charge on any atom is -0.497 e. The first-order valence-electron chi connectivity index (χ1n) is 9.90. The van der Waals surface area contributed by atoms with Crippen molar-refractivity contribution in [1.29, 1.82) is 0 Å². The second-order valence-electron chi connectivity index (χ2n) is 7.23. The van der Waals surface area contributed by atoms with E-state index in [1.165, 1.54) is 23.9 Å². The van der Waals surface area contributed by atoms with Crippen LogP contribution in [-0.4, -0.2) is 43.5 Å². The van der Waals surface area contributed by atoms with Crippen LogP contribution in [0, 0.1) is 0 Å². The molecule has 0 bridgehead atoms. The molecule has 0 unspecified atom stereocenters. The average Bonchev–Trinajstić information content (AvgIpc) is 3.57. The summed E-state index contributed by atoms with van der Waals surface area (Å²) in [4.78, 5) is 13.0. The fraction of sp³-hybridized carbons (Fsp3) is 0.333. The Hall–Kier alpha value is -3.11. The van der Waals surface area contributed by atoms with E-state index in [4.69, 9.17) is 9.47 Å². The maximum absolute atomic E-state index is 12.9. The van der Waals surface area contributed by atoms with Crippen molar-refractivity contribution in [2.24, 2.45) is 0 Å². The van der Waals surface area contributed by atoms with Crippen LogP contribution >= 0.6 is 0 Å². The van der Waals surface area contributed by atoms with Gasteiger partial charge in [0.15, 0.2) is 5.82 Å². The van der Waals surface area contributed by atoms with Gasteiger partial charge in [-0.3, -0.25) is 4.57 Å². The monoisotopic (exact) mass is 444 g/mol. The molecule has 1 saturated carbocycles. The molecule has 0 spiro atoms. The summed E-state index contributed by atoms with van der Waals surface area (Å²) in [5.74, 6) is 1.87. The molecule has 3 aromatic rings. The van der Waals surface area contributed by atoms with E-state index in [9.17, 15) is 13.2 Å². The standard InChI is InChI=1S/C21H24N4O5S/c1-29-17-7-3-15(4-8-17)20-23-24(21(26)25(20)16-5-6-16)14-13-22-31(27,28)19-11-9-18(30-2)10-12-19/h3-4,7-12,16,22H,5-6,13-14H2,1-2H3. The SMILES string of the molecule is COc1ccc(-c2nn(CCNS(=O)(=O)c3ccc(OC)cc3)c(=O)n2C2CC2)cc1. The summed E-state index contributed by atoms with van der Waals surface area (Å²) >= 11 is 0. The molecule has 1 aliphatic carbocycles. The van der Waals surface area contributed by atoms with E-state index in [-0.39, 0.29) is 29.7 Å². The normalized spacial score (nSPS) is 13.9. The molecule has 2 aromatic carbocycles. The van der Waals surface area contributed by atoms with Crippen molar-refractivity contribution < 1.29 is 17.9 Å². The van der Waals surface area contributed by atoms with Crippen molar-refractivity contribution in [2.45, 2.75) is 30.3 Å². The molecule has 0 radical (unpaired) electrons. The zero-order valence-electron chi connectivity index (χ0n) is 17.3. The second kappa shape index (κ2) is 8.56. The molecule has 0 atom stereocenters. The minimum absolute atomic E-state index is 0.0397. The molecule has 0 saturated heterocycles. The summed E-state index contributed by atoms with van der Waals surface area (Å²) < 4.78 is 40.8. The summed E-state index contributed by atoms with van der Waals surface area (Å²) in [5, 5.41) is 4.49. The zero-order chi connectivity index (χ0) is 22.0. The van der Waals surface area contributed by atoms with Gasteiger partial charge in [-0.25, -0.2) is 22.6 Å². The van der Waals surface area contributed by atoms with Gasteiger partial charge in [-0.05, 0) is 61.4 Å². The molecule has 31 heavy (non-hydrogen) atoms. The molecular weight excluding hydrogens is 420 g/mol. The number of benzene rings is 2. The zero-order valence-corrected chi connectivity index (χ0v) is 18.1. The number of nitrogens with one attached hydrogen (secondary N) is 1. The molecule has 1 aliphatic rings. The van der Waals surface area contributed by atoms with Gasteiger partial charge in [0.25, 0.3) is 0 Å². The van der Waals surface area contributed by atoms with Crippen LogP contribution in [0.5, 0.6) is 11.5 Å². The highest BCUT2D eigenvalue weighted by Gasteiger charge is 2.30. The van der Waals surface area contributed by atoms with Crippen molar-refractivity contribution >= 4 is 10.0 Å². The Morgan fingerprint density at radius 2 is 1.58 bits per heavy atom. The number of nitrogens with zero attached hydrogens (tertiary/aromatic N) is 3. The van der Waals surface area contributed by atoms with Crippen molar-refractivity contribution in [2.75, 3.05) is 20.8 Å². The van der Waals surface area contributed by atoms with Crippen molar-refractivity contribution in [3.05, 3.63) is 59.0 Å². The van der Waals surface area contributed by atoms with Crippen molar-refractivity contribution in [3.8, 4) is 22.9 Å². The molecular formula is C21H24N4O5S. The quantitative estimate of drug-likeness (QED) is 0.542. The highest BCUT2D eigenvalue weighted by molar-refractivity contribution is 7.89. The second-order valence-corrected chi connectivity index (χ2v) is 9.00. The minimum atomic E-state index is -3.70. The van der Waals surface area contributed by atoms with Gasteiger partial charge in [-0.15, -0.1) is 5.10 Å². The van der Waals surface area contributed by atoms with Crippen LogP contribution in [0.3, 0.4) is 0 Å².